The zero-order valence-electron chi connectivity index (χ0n) is 16.0. The second kappa shape index (κ2) is 9.63. The average molecular weight is 354 g/mol. The Labute approximate surface area is 157 Å². The molecule has 1 fully saturated rings. The van der Waals surface area contributed by atoms with E-state index in [4.69, 9.17) is 9.47 Å². The Morgan fingerprint density at radius 1 is 1.04 bits per heavy atom. The summed E-state index contributed by atoms with van der Waals surface area (Å²) >= 11 is 0. The smallest absolute Gasteiger partial charge is 0.123 e. The predicted octanol–water partition coefficient (Wildman–Crippen LogP) is 5.06. The molecule has 0 amide bonds. The Hall–Kier alpha value is -2.00. The van der Waals surface area contributed by atoms with Crippen LogP contribution in [0, 0.1) is 11.8 Å². The van der Waals surface area contributed by atoms with Crippen LogP contribution in [-0.2, 0) is 6.54 Å². The van der Waals surface area contributed by atoms with Crippen LogP contribution in [0.1, 0.15) is 38.2 Å². The maximum absolute atomic E-state index is 6.25. The summed E-state index contributed by atoms with van der Waals surface area (Å²) in [7, 11) is 1.69. The monoisotopic (exact) mass is 353 g/mol. The van der Waals surface area contributed by atoms with Crippen LogP contribution in [0.5, 0.6) is 11.5 Å². The lowest BCUT2D eigenvalue weighted by Crippen LogP contribution is -2.33. The van der Waals surface area contributed by atoms with E-state index in [1.54, 1.807) is 7.11 Å². The van der Waals surface area contributed by atoms with Gasteiger partial charge in [0.15, 0.2) is 0 Å². The minimum Gasteiger partial charge on any atom is -0.497 e. The summed E-state index contributed by atoms with van der Waals surface area (Å²) in [5.74, 6) is 3.16. The fourth-order valence-electron chi connectivity index (χ4n) is 3.88. The van der Waals surface area contributed by atoms with Crippen LogP contribution in [-0.4, -0.2) is 19.8 Å². The first-order valence-corrected chi connectivity index (χ1v) is 9.80. The van der Waals surface area contributed by atoms with Gasteiger partial charge in [0.1, 0.15) is 11.5 Å². The highest BCUT2D eigenvalue weighted by atomic mass is 16.5. The van der Waals surface area contributed by atoms with Gasteiger partial charge in [0, 0.05) is 12.6 Å². The quantitative estimate of drug-likeness (QED) is 0.719. The van der Waals surface area contributed by atoms with E-state index < -0.39 is 0 Å². The molecule has 3 rings (SSSR count). The van der Waals surface area contributed by atoms with Gasteiger partial charge in [0.05, 0.1) is 13.2 Å². The van der Waals surface area contributed by atoms with E-state index in [1.165, 1.54) is 18.4 Å². The number of nitrogens with one attached hydrogen (secondary N) is 1. The number of hydrogen-bond acceptors (Lipinski definition) is 3. The standard InChI is InChI=1S/C23H31NO2/c1-18(16-24-17-19-8-4-3-5-9-19)20-10-6-12-22(14-20)26-23-13-7-11-21(15-23)25-2/h3-5,7-9,11,13,15,18,20,22,24H,6,10,12,14,16-17H2,1-2H3. The zero-order valence-corrected chi connectivity index (χ0v) is 16.0. The van der Waals surface area contributed by atoms with Gasteiger partial charge >= 0.3 is 0 Å². The van der Waals surface area contributed by atoms with E-state index in [0.29, 0.717) is 12.0 Å². The molecule has 3 heteroatoms. The minimum absolute atomic E-state index is 0.317. The van der Waals surface area contributed by atoms with E-state index in [2.05, 4.69) is 42.6 Å². The molecule has 1 saturated carbocycles. The first kappa shape index (κ1) is 18.8. The largest absolute Gasteiger partial charge is 0.497 e. The van der Waals surface area contributed by atoms with Crippen molar-refractivity contribution in [1.29, 1.82) is 0 Å². The summed E-state index contributed by atoms with van der Waals surface area (Å²) in [4.78, 5) is 0. The van der Waals surface area contributed by atoms with Crippen molar-refractivity contribution in [2.45, 2.75) is 45.3 Å². The van der Waals surface area contributed by atoms with Crippen molar-refractivity contribution in [1.82, 2.24) is 5.32 Å². The molecule has 2 aromatic carbocycles. The number of benzene rings is 2. The summed E-state index contributed by atoms with van der Waals surface area (Å²) < 4.78 is 11.5. The first-order valence-electron chi connectivity index (χ1n) is 9.80. The molecular formula is C23H31NO2. The SMILES string of the molecule is COc1cccc(OC2CCCC(C(C)CNCc3ccccc3)C2)c1. The average Bonchev–Trinajstić information content (AvgIpc) is 2.69. The molecular weight excluding hydrogens is 322 g/mol. The van der Waals surface area contributed by atoms with Crippen molar-refractivity contribution in [3.63, 3.8) is 0 Å². The normalized spacial score (nSPS) is 21.2. The van der Waals surface area contributed by atoms with Gasteiger partial charge in [-0.05, 0) is 61.8 Å². The van der Waals surface area contributed by atoms with E-state index in [9.17, 15) is 0 Å². The van der Waals surface area contributed by atoms with Crippen LogP contribution < -0.4 is 14.8 Å². The molecule has 3 nitrogen and oxygen atoms in total. The molecule has 1 aliphatic rings. The van der Waals surface area contributed by atoms with Crippen LogP contribution in [0.4, 0.5) is 0 Å². The molecule has 140 valence electrons. The van der Waals surface area contributed by atoms with E-state index in [0.717, 1.165) is 43.3 Å². The van der Waals surface area contributed by atoms with Crippen LogP contribution in [0.2, 0.25) is 0 Å². The highest BCUT2D eigenvalue weighted by Gasteiger charge is 2.27. The van der Waals surface area contributed by atoms with Gasteiger partial charge in [-0.25, -0.2) is 0 Å². The zero-order chi connectivity index (χ0) is 18.2. The highest BCUT2D eigenvalue weighted by Crippen LogP contribution is 2.33. The minimum atomic E-state index is 0.317. The van der Waals surface area contributed by atoms with Crippen molar-refractivity contribution < 1.29 is 9.47 Å². The lowest BCUT2D eigenvalue weighted by molar-refractivity contribution is 0.102. The topological polar surface area (TPSA) is 30.5 Å². The number of hydrogen-bond donors (Lipinski definition) is 1. The molecule has 0 bridgehead atoms. The molecule has 0 spiro atoms. The van der Waals surface area contributed by atoms with Gasteiger partial charge in [-0.1, -0.05) is 43.3 Å². The van der Waals surface area contributed by atoms with Gasteiger partial charge < -0.3 is 14.8 Å². The Balaban J connectivity index is 1.46. The fraction of sp³-hybridized carbons (Fsp3) is 0.478. The summed E-state index contributed by atoms with van der Waals surface area (Å²) in [5, 5.41) is 3.62. The Kier molecular flexibility index (Phi) is 6.96. The molecule has 0 saturated heterocycles. The van der Waals surface area contributed by atoms with E-state index in [-0.39, 0.29) is 0 Å². The summed E-state index contributed by atoms with van der Waals surface area (Å²) in [6.07, 6.45) is 5.18. The van der Waals surface area contributed by atoms with Crippen LogP contribution in [0.15, 0.2) is 54.6 Å². The van der Waals surface area contributed by atoms with Gasteiger partial charge in [-0.3, -0.25) is 0 Å². The van der Waals surface area contributed by atoms with E-state index in [1.807, 2.05) is 24.3 Å². The molecule has 3 unspecified atom stereocenters. The van der Waals surface area contributed by atoms with Gasteiger partial charge in [0.2, 0.25) is 0 Å². The predicted molar refractivity (Wildman–Crippen MR) is 107 cm³/mol. The third kappa shape index (κ3) is 5.50. The molecule has 3 atom stereocenters. The van der Waals surface area contributed by atoms with Crippen molar-refractivity contribution in [3.05, 3.63) is 60.2 Å². The summed E-state index contributed by atoms with van der Waals surface area (Å²) in [6.45, 7) is 4.38. The van der Waals surface area contributed by atoms with Crippen molar-refractivity contribution in [2.24, 2.45) is 11.8 Å². The summed E-state index contributed by atoms with van der Waals surface area (Å²) in [5.41, 5.74) is 1.35. The third-order valence-electron chi connectivity index (χ3n) is 5.45. The van der Waals surface area contributed by atoms with Gasteiger partial charge in [-0.15, -0.1) is 0 Å². The van der Waals surface area contributed by atoms with Gasteiger partial charge in [0.25, 0.3) is 0 Å². The van der Waals surface area contributed by atoms with Crippen LogP contribution >= 0.6 is 0 Å². The lowest BCUT2D eigenvalue weighted by Gasteiger charge is -2.33. The van der Waals surface area contributed by atoms with E-state index >= 15 is 0 Å². The maximum atomic E-state index is 6.25. The molecule has 0 aromatic heterocycles. The number of methoxy groups -OCH3 is 1. The molecule has 26 heavy (non-hydrogen) atoms. The number of ether oxygens (including phenoxy) is 2. The Morgan fingerprint density at radius 3 is 2.65 bits per heavy atom. The second-order valence-electron chi connectivity index (χ2n) is 7.44. The molecule has 0 aliphatic heterocycles. The van der Waals surface area contributed by atoms with Crippen molar-refractivity contribution in [3.8, 4) is 11.5 Å². The fourth-order valence-corrected chi connectivity index (χ4v) is 3.88. The molecule has 1 N–H and O–H groups in total. The Morgan fingerprint density at radius 2 is 1.85 bits per heavy atom. The summed E-state index contributed by atoms with van der Waals surface area (Å²) in [6, 6.07) is 18.6. The highest BCUT2D eigenvalue weighted by molar-refractivity contribution is 5.33. The Bertz CT molecular complexity index is 658. The first-order chi connectivity index (χ1) is 12.7. The molecule has 1 aliphatic carbocycles. The molecule has 0 radical (unpaired) electrons. The van der Waals surface area contributed by atoms with Crippen LogP contribution in [0.25, 0.3) is 0 Å². The number of rotatable bonds is 8. The molecule has 0 heterocycles. The lowest BCUT2D eigenvalue weighted by atomic mass is 9.79. The van der Waals surface area contributed by atoms with Gasteiger partial charge in [-0.2, -0.15) is 0 Å². The van der Waals surface area contributed by atoms with Crippen molar-refractivity contribution in [2.75, 3.05) is 13.7 Å². The third-order valence-corrected chi connectivity index (χ3v) is 5.45. The van der Waals surface area contributed by atoms with Crippen molar-refractivity contribution >= 4 is 0 Å². The molecule has 2 aromatic rings. The maximum Gasteiger partial charge on any atom is 0.123 e. The van der Waals surface area contributed by atoms with Crippen LogP contribution in [0.3, 0.4) is 0 Å². The second-order valence-corrected chi connectivity index (χ2v) is 7.44.